The van der Waals surface area contributed by atoms with Crippen LogP contribution in [0.3, 0.4) is 0 Å². The summed E-state index contributed by atoms with van der Waals surface area (Å²) in [6, 6.07) is 7.86. The van der Waals surface area contributed by atoms with Gasteiger partial charge in [0.15, 0.2) is 17.6 Å². The van der Waals surface area contributed by atoms with Crippen molar-refractivity contribution in [1.29, 1.82) is 0 Å². The highest BCUT2D eigenvalue weighted by Crippen LogP contribution is 2.31. The molecule has 0 fully saturated rings. The first-order chi connectivity index (χ1) is 8.66. The molecule has 1 aliphatic rings. The van der Waals surface area contributed by atoms with Crippen LogP contribution in [0.15, 0.2) is 24.3 Å². The molecule has 0 saturated carbocycles. The zero-order valence-corrected chi connectivity index (χ0v) is 10.5. The van der Waals surface area contributed by atoms with E-state index in [1.54, 1.807) is 0 Å². The average molecular weight is 251 g/mol. The summed E-state index contributed by atoms with van der Waals surface area (Å²) in [7, 11) is 0. The number of rotatable bonds is 5. The van der Waals surface area contributed by atoms with Gasteiger partial charge in [-0.2, -0.15) is 0 Å². The standard InChI is InChI=1S/C13H18N2O3/c1-9(15-7-6-13(14)16)12-8-17-10-4-2-3-5-11(10)18-12/h2-5,9,12,15H,6-8H2,1H3,(H2,14,16)/p+1. The summed E-state index contributed by atoms with van der Waals surface area (Å²) in [5.74, 6) is 1.30. The molecule has 1 heterocycles. The lowest BCUT2D eigenvalue weighted by atomic mass is 10.1. The molecular weight excluding hydrogens is 232 g/mol. The van der Waals surface area contributed by atoms with Gasteiger partial charge in [-0.3, -0.25) is 4.79 Å². The molecule has 1 aromatic rings. The predicted octanol–water partition coefficient (Wildman–Crippen LogP) is -0.346. The molecule has 1 aromatic carbocycles. The zero-order chi connectivity index (χ0) is 13.0. The number of hydrogen-bond acceptors (Lipinski definition) is 3. The normalized spacial score (nSPS) is 19.3. The van der Waals surface area contributed by atoms with Gasteiger partial charge in [0.05, 0.1) is 13.0 Å². The molecule has 5 nitrogen and oxygen atoms in total. The van der Waals surface area contributed by atoms with Gasteiger partial charge in [0.1, 0.15) is 12.6 Å². The van der Waals surface area contributed by atoms with Gasteiger partial charge in [-0.1, -0.05) is 12.1 Å². The molecule has 2 unspecified atom stereocenters. The van der Waals surface area contributed by atoms with Gasteiger partial charge in [0.25, 0.3) is 0 Å². The Kier molecular flexibility index (Phi) is 4.04. The lowest BCUT2D eigenvalue weighted by Crippen LogP contribution is -2.92. The van der Waals surface area contributed by atoms with Gasteiger partial charge in [-0.05, 0) is 19.1 Å². The van der Waals surface area contributed by atoms with Crippen LogP contribution in [-0.2, 0) is 4.79 Å². The molecule has 0 aliphatic carbocycles. The highest BCUT2D eigenvalue weighted by atomic mass is 16.6. The Bertz CT molecular complexity index is 422. The van der Waals surface area contributed by atoms with Crippen molar-refractivity contribution in [3.8, 4) is 11.5 Å². The summed E-state index contributed by atoms with van der Waals surface area (Å²) >= 11 is 0. The predicted molar refractivity (Wildman–Crippen MR) is 66.4 cm³/mol. The van der Waals surface area contributed by atoms with Crippen molar-refractivity contribution in [2.24, 2.45) is 5.73 Å². The monoisotopic (exact) mass is 251 g/mol. The molecule has 0 radical (unpaired) electrons. The second-order valence-electron chi connectivity index (χ2n) is 4.51. The first-order valence-electron chi connectivity index (χ1n) is 6.17. The van der Waals surface area contributed by atoms with Gasteiger partial charge in [-0.15, -0.1) is 0 Å². The van der Waals surface area contributed by atoms with E-state index in [4.69, 9.17) is 15.2 Å². The van der Waals surface area contributed by atoms with E-state index in [1.807, 2.05) is 24.3 Å². The highest BCUT2D eigenvalue weighted by molar-refractivity contribution is 5.73. The van der Waals surface area contributed by atoms with Crippen LogP contribution in [0.4, 0.5) is 0 Å². The summed E-state index contributed by atoms with van der Waals surface area (Å²) in [4.78, 5) is 10.7. The molecule has 0 spiro atoms. The fourth-order valence-electron chi connectivity index (χ4n) is 1.94. The van der Waals surface area contributed by atoms with Gasteiger partial charge in [0.2, 0.25) is 5.91 Å². The SMILES string of the molecule is CC([NH2+]CCC(N)=O)C1COc2ccccc2O1. The maximum Gasteiger partial charge on any atom is 0.223 e. The van der Waals surface area contributed by atoms with E-state index >= 15 is 0 Å². The Hall–Kier alpha value is -1.75. The molecule has 0 aromatic heterocycles. The summed E-state index contributed by atoms with van der Waals surface area (Å²) < 4.78 is 11.5. The van der Waals surface area contributed by atoms with E-state index < -0.39 is 0 Å². The quantitative estimate of drug-likeness (QED) is 0.751. The summed E-state index contributed by atoms with van der Waals surface area (Å²) in [5, 5.41) is 2.06. The van der Waals surface area contributed by atoms with Crippen LogP contribution in [0.2, 0.25) is 0 Å². The number of carbonyl (C=O) groups excluding carboxylic acids is 1. The first kappa shape index (κ1) is 12.7. The Morgan fingerprint density at radius 2 is 2.22 bits per heavy atom. The molecule has 18 heavy (non-hydrogen) atoms. The molecule has 0 bridgehead atoms. The number of carbonyl (C=O) groups is 1. The maximum absolute atomic E-state index is 10.7. The number of benzene rings is 1. The van der Waals surface area contributed by atoms with Crippen LogP contribution in [0.1, 0.15) is 13.3 Å². The zero-order valence-electron chi connectivity index (χ0n) is 10.5. The molecule has 1 amide bonds. The van der Waals surface area contributed by atoms with Crippen molar-refractivity contribution in [3.63, 3.8) is 0 Å². The van der Waals surface area contributed by atoms with Crippen LogP contribution in [0.25, 0.3) is 0 Å². The van der Waals surface area contributed by atoms with Gasteiger partial charge in [-0.25, -0.2) is 0 Å². The number of amides is 1. The number of nitrogens with two attached hydrogens (primary N) is 2. The van der Waals surface area contributed by atoms with Crippen molar-refractivity contribution in [1.82, 2.24) is 0 Å². The molecule has 0 saturated heterocycles. The minimum absolute atomic E-state index is 0.00669. The number of ether oxygens (including phenoxy) is 2. The largest absolute Gasteiger partial charge is 0.486 e. The van der Waals surface area contributed by atoms with Gasteiger partial charge in [0, 0.05) is 0 Å². The van der Waals surface area contributed by atoms with E-state index in [-0.39, 0.29) is 18.1 Å². The average Bonchev–Trinajstić information content (AvgIpc) is 2.37. The highest BCUT2D eigenvalue weighted by Gasteiger charge is 2.27. The molecule has 5 heteroatoms. The van der Waals surface area contributed by atoms with Crippen LogP contribution < -0.4 is 20.5 Å². The number of primary amides is 1. The molecule has 2 rings (SSSR count). The number of para-hydroxylation sites is 2. The Morgan fingerprint density at radius 3 is 2.94 bits per heavy atom. The fourth-order valence-corrected chi connectivity index (χ4v) is 1.94. The third kappa shape index (κ3) is 3.13. The van der Waals surface area contributed by atoms with Gasteiger partial charge < -0.3 is 20.5 Å². The Balaban J connectivity index is 1.86. The van der Waals surface area contributed by atoms with E-state index in [1.165, 1.54) is 0 Å². The first-order valence-corrected chi connectivity index (χ1v) is 6.17. The smallest absolute Gasteiger partial charge is 0.223 e. The Morgan fingerprint density at radius 1 is 1.50 bits per heavy atom. The summed E-state index contributed by atoms with van der Waals surface area (Å²) in [6.07, 6.45) is 0.377. The molecule has 2 atom stereocenters. The number of fused-ring (bicyclic) bond motifs is 1. The summed E-state index contributed by atoms with van der Waals surface area (Å²) in [5.41, 5.74) is 5.11. The lowest BCUT2D eigenvalue weighted by molar-refractivity contribution is -0.691. The van der Waals surface area contributed by atoms with E-state index in [9.17, 15) is 4.79 Å². The van der Waals surface area contributed by atoms with Gasteiger partial charge >= 0.3 is 0 Å². The van der Waals surface area contributed by atoms with Crippen molar-refractivity contribution >= 4 is 5.91 Å². The van der Waals surface area contributed by atoms with Crippen LogP contribution in [0.5, 0.6) is 11.5 Å². The molecule has 1 aliphatic heterocycles. The molecular formula is C13H19N2O3+. The fraction of sp³-hybridized carbons (Fsp3) is 0.462. The van der Waals surface area contributed by atoms with Crippen molar-refractivity contribution in [3.05, 3.63) is 24.3 Å². The van der Waals surface area contributed by atoms with Crippen LogP contribution in [-0.4, -0.2) is 31.2 Å². The van der Waals surface area contributed by atoms with Crippen molar-refractivity contribution in [2.45, 2.75) is 25.5 Å². The lowest BCUT2D eigenvalue weighted by Gasteiger charge is -2.29. The van der Waals surface area contributed by atoms with E-state index in [0.29, 0.717) is 19.6 Å². The second-order valence-corrected chi connectivity index (χ2v) is 4.51. The van der Waals surface area contributed by atoms with Crippen molar-refractivity contribution in [2.75, 3.05) is 13.2 Å². The second kappa shape index (κ2) is 5.73. The molecule has 4 N–H and O–H groups in total. The number of hydrogen-bond donors (Lipinski definition) is 2. The maximum atomic E-state index is 10.7. The third-order valence-electron chi connectivity index (χ3n) is 3.05. The topological polar surface area (TPSA) is 78.2 Å². The summed E-state index contributed by atoms with van der Waals surface area (Å²) in [6.45, 7) is 3.27. The van der Waals surface area contributed by atoms with E-state index in [2.05, 4.69) is 12.2 Å². The minimum Gasteiger partial charge on any atom is -0.486 e. The minimum atomic E-state index is -0.274. The molecule has 98 valence electrons. The number of quaternary nitrogens is 1. The van der Waals surface area contributed by atoms with E-state index in [0.717, 1.165) is 11.5 Å². The third-order valence-corrected chi connectivity index (χ3v) is 3.05. The van der Waals surface area contributed by atoms with Crippen molar-refractivity contribution < 1.29 is 19.6 Å². The van der Waals surface area contributed by atoms with Crippen LogP contribution in [0, 0.1) is 0 Å². The van der Waals surface area contributed by atoms with Crippen LogP contribution >= 0.6 is 0 Å². The Labute approximate surface area is 106 Å².